The van der Waals surface area contributed by atoms with Crippen molar-refractivity contribution >= 4 is 17.4 Å². The van der Waals surface area contributed by atoms with E-state index in [0.29, 0.717) is 31.7 Å². The van der Waals surface area contributed by atoms with Gasteiger partial charge >= 0.3 is 6.18 Å². The van der Waals surface area contributed by atoms with Crippen LogP contribution in [-0.4, -0.2) is 43.1 Å². The van der Waals surface area contributed by atoms with Gasteiger partial charge in [0.1, 0.15) is 5.82 Å². The van der Waals surface area contributed by atoms with Crippen molar-refractivity contribution in [3.8, 4) is 0 Å². The van der Waals surface area contributed by atoms with Gasteiger partial charge in [0.2, 0.25) is 5.91 Å². The number of hydrogen-bond donors (Lipinski definition) is 1. The number of carbonyl (C=O) groups is 1. The van der Waals surface area contributed by atoms with E-state index in [-0.39, 0.29) is 17.9 Å². The summed E-state index contributed by atoms with van der Waals surface area (Å²) in [5.41, 5.74) is 0.473. The summed E-state index contributed by atoms with van der Waals surface area (Å²) in [7, 11) is 0. The molecule has 1 aromatic carbocycles. The van der Waals surface area contributed by atoms with Crippen molar-refractivity contribution in [3.63, 3.8) is 0 Å². The predicted molar refractivity (Wildman–Crippen MR) is 114 cm³/mol. The van der Waals surface area contributed by atoms with Crippen molar-refractivity contribution in [1.82, 2.24) is 10.3 Å². The highest BCUT2D eigenvalue weighted by Gasteiger charge is 2.32. The maximum atomic E-state index is 12.7. The van der Waals surface area contributed by atoms with Crippen molar-refractivity contribution in [2.45, 2.75) is 37.9 Å². The summed E-state index contributed by atoms with van der Waals surface area (Å²) < 4.78 is 38.1. The first-order valence-electron chi connectivity index (χ1n) is 10.8. The molecule has 0 unspecified atom stereocenters. The molecule has 0 aliphatic carbocycles. The lowest BCUT2D eigenvalue weighted by Gasteiger charge is -2.36. The van der Waals surface area contributed by atoms with Gasteiger partial charge in [-0.25, -0.2) is 4.98 Å². The summed E-state index contributed by atoms with van der Waals surface area (Å²) >= 11 is 0. The highest BCUT2D eigenvalue weighted by atomic mass is 19.4. The second-order valence-electron chi connectivity index (χ2n) is 8.27. The van der Waals surface area contributed by atoms with E-state index in [2.05, 4.69) is 27.3 Å². The van der Waals surface area contributed by atoms with Gasteiger partial charge in [-0.15, -0.1) is 0 Å². The van der Waals surface area contributed by atoms with Crippen LogP contribution in [0.4, 0.5) is 24.7 Å². The van der Waals surface area contributed by atoms with Crippen LogP contribution in [-0.2, 0) is 11.0 Å². The van der Waals surface area contributed by atoms with Crippen molar-refractivity contribution in [3.05, 3.63) is 54.2 Å². The molecule has 1 amide bonds. The third-order valence-corrected chi connectivity index (χ3v) is 6.23. The molecule has 0 radical (unpaired) electrons. The van der Waals surface area contributed by atoms with Gasteiger partial charge in [0.25, 0.3) is 0 Å². The van der Waals surface area contributed by atoms with Crippen LogP contribution in [0.15, 0.2) is 48.7 Å². The number of para-hydroxylation sites is 1. The number of rotatable bonds is 4. The van der Waals surface area contributed by atoms with Crippen LogP contribution in [0.2, 0.25) is 0 Å². The summed E-state index contributed by atoms with van der Waals surface area (Å²) in [4.78, 5) is 21.0. The summed E-state index contributed by atoms with van der Waals surface area (Å²) in [6.07, 6.45) is -0.303. The SMILES string of the molecule is O=C(NC1CCN(c2ccccc2)CC1)C1CCN(c2ccc(C(F)(F)F)cn2)CC1. The first-order chi connectivity index (χ1) is 14.9. The molecule has 2 aromatic rings. The molecule has 2 fully saturated rings. The van der Waals surface area contributed by atoms with Crippen LogP contribution in [0.3, 0.4) is 0 Å². The van der Waals surface area contributed by atoms with Gasteiger partial charge in [-0.1, -0.05) is 18.2 Å². The average Bonchev–Trinajstić information content (AvgIpc) is 2.80. The van der Waals surface area contributed by atoms with Crippen LogP contribution in [0.1, 0.15) is 31.2 Å². The number of nitrogens with one attached hydrogen (secondary N) is 1. The molecule has 3 heterocycles. The Morgan fingerprint density at radius 3 is 2.13 bits per heavy atom. The first kappa shape index (κ1) is 21.5. The van der Waals surface area contributed by atoms with Crippen molar-refractivity contribution in [1.29, 1.82) is 0 Å². The number of hydrogen-bond acceptors (Lipinski definition) is 4. The minimum atomic E-state index is -4.38. The number of anilines is 2. The van der Waals surface area contributed by atoms with Crippen LogP contribution in [0.25, 0.3) is 0 Å². The minimum Gasteiger partial charge on any atom is -0.371 e. The molecule has 0 bridgehead atoms. The van der Waals surface area contributed by atoms with Gasteiger partial charge < -0.3 is 15.1 Å². The number of aromatic nitrogens is 1. The van der Waals surface area contributed by atoms with Gasteiger partial charge in [-0.3, -0.25) is 4.79 Å². The summed E-state index contributed by atoms with van der Waals surface area (Å²) in [6, 6.07) is 13.0. The van der Waals surface area contributed by atoms with Gasteiger partial charge in [0, 0.05) is 50.0 Å². The molecule has 4 rings (SSSR count). The van der Waals surface area contributed by atoms with E-state index in [1.807, 2.05) is 23.1 Å². The highest BCUT2D eigenvalue weighted by molar-refractivity contribution is 5.79. The van der Waals surface area contributed by atoms with Crippen LogP contribution < -0.4 is 15.1 Å². The zero-order valence-electron chi connectivity index (χ0n) is 17.3. The summed E-state index contributed by atoms with van der Waals surface area (Å²) in [6.45, 7) is 3.08. The van der Waals surface area contributed by atoms with Gasteiger partial charge in [0.15, 0.2) is 0 Å². The zero-order chi connectivity index (χ0) is 21.8. The summed E-state index contributed by atoms with van der Waals surface area (Å²) in [5.74, 6) is 0.566. The molecule has 166 valence electrons. The number of benzene rings is 1. The first-order valence-corrected chi connectivity index (χ1v) is 10.8. The molecule has 2 saturated heterocycles. The fourth-order valence-electron chi connectivity index (χ4n) is 4.35. The normalized spacial score (nSPS) is 18.8. The largest absolute Gasteiger partial charge is 0.417 e. The Morgan fingerprint density at radius 1 is 0.903 bits per heavy atom. The number of piperidine rings is 2. The second kappa shape index (κ2) is 9.16. The number of nitrogens with zero attached hydrogens (tertiary/aromatic N) is 3. The Bertz CT molecular complexity index is 857. The number of carbonyl (C=O) groups excluding carboxylic acids is 1. The fraction of sp³-hybridized carbons (Fsp3) is 0.478. The van der Waals surface area contributed by atoms with E-state index >= 15 is 0 Å². The third kappa shape index (κ3) is 5.29. The third-order valence-electron chi connectivity index (χ3n) is 6.23. The lowest BCUT2D eigenvalue weighted by atomic mass is 9.94. The Labute approximate surface area is 180 Å². The zero-order valence-corrected chi connectivity index (χ0v) is 17.3. The van der Waals surface area contributed by atoms with Crippen LogP contribution in [0, 0.1) is 5.92 Å². The van der Waals surface area contributed by atoms with Crippen molar-refractivity contribution in [2.75, 3.05) is 36.0 Å². The van der Waals surface area contributed by atoms with Gasteiger partial charge in [0.05, 0.1) is 5.56 Å². The maximum absolute atomic E-state index is 12.7. The fourth-order valence-corrected chi connectivity index (χ4v) is 4.35. The van der Waals surface area contributed by atoms with Crippen molar-refractivity contribution in [2.24, 2.45) is 5.92 Å². The maximum Gasteiger partial charge on any atom is 0.417 e. The van der Waals surface area contributed by atoms with E-state index in [9.17, 15) is 18.0 Å². The van der Waals surface area contributed by atoms with Crippen LogP contribution in [0.5, 0.6) is 0 Å². The molecule has 2 aliphatic heterocycles. The van der Waals surface area contributed by atoms with Gasteiger partial charge in [-0.05, 0) is 49.9 Å². The topological polar surface area (TPSA) is 48.5 Å². The van der Waals surface area contributed by atoms with E-state index in [4.69, 9.17) is 0 Å². The smallest absolute Gasteiger partial charge is 0.371 e. The standard InChI is InChI=1S/C23H27F3N4O/c24-23(25,26)18-6-7-21(27-16-18)30-12-8-17(9-13-30)22(31)28-19-10-14-29(15-11-19)20-4-2-1-3-5-20/h1-7,16-17,19H,8-15H2,(H,28,31). The van der Waals surface area contributed by atoms with Gasteiger partial charge in [-0.2, -0.15) is 13.2 Å². The van der Waals surface area contributed by atoms with E-state index in [1.54, 1.807) is 0 Å². The number of amides is 1. The Kier molecular flexibility index (Phi) is 6.34. The molecule has 1 aromatic heterocycles. The Morgan fingerprint density at radius 2 is 1.55 bits per heavy atom. The van der Waals surface area contributed by atoms with Crippen molar-refractivity contribution < 1.29 is 18.0 Å². The second-order valence-corrected chi connectivity index (χ2v) is 8.27. The number of pyridine rings is 1. The Balaban J connectivity index is 1.23. The molecule has 1 N–H and O–H groups in total. The number of halogens is 3. The molecular weight excluding hydrogens is 405 g/mol. The predicted octanol–water partition coefficient (Wildman–Crippen LogP) is 4.10. The van der Waals surface area contributed by atoms with E-state index < -0.39 is 11.7 Å². The molecule has 0 saturated carbocycles. The molecule has 8 heteroatoms. The quantitative estimate of drug-likeness (QED) is 0.790. The van der Waals surface area contributed by atoms with Crippen LogP contribution >= 0.6 is 0 Å². The molecular formula is C23H27F3N4O. The highest BCUT2D eigenvalue weighted by Crippen LogP contribution is 2.30. The molecule has 2 aliphatic rings. The Hall–Kier alpha value is -2.77. The molecule has 31 heavy (non-hydrogen) atoms. The lowest BCUT2D eigenvalue weighted by molar-refractivity contribution is -0.137. The molecule has 0 atom stereocenters. The van der Waals surface area contributed by atoms with E-state index in [1.165, 1.54) is 11.8 Å². The average molecular weight is 432 g/mol. The monoisotopic (exact) mass is 432 g/mol. The van der Waals surface area contributed by atoms with E-state index in [0.717, 1.165) is 38.2 Å². The summed E-state index contributed by atoms with van der Waals surface area (Å²) in [5, 5.41) is 3.21. The minimum absolute atomic E-state index is 0.0575. The molecule has 0 spiro atoms. The molecule has 5 nitrogen and oxygen atoms in total. The lowest BCUT2D eigenvalue weighted by Crippen LogP contribution is -2.48. The number of alkyl halides is 3.